The van der Waals surface area contributed by atoms with Gasteiger partial charge in [-0.2, -0.15) is 0 Å². The van der Waals surface area contributed by atoms with E-state index in [1.165, 1.54) is 19.1 Å². The van der Waals surface area contributed by atoms with E-state index in [9.17, 15) is 18.0 Å². The molecule has 0 aliphatic heterocycles. The highest BCUT2D eigenvalue weighted by atomic mass is 35.5. The molecule has 2 aromatic carbocycles. The molecule has 27 heavy (non-hydrogen) atoms. The fourth-order valence-corrected chi connectivity index (χ4v) is 3.32. The molecule has 6 nitrogen and oxygen atoms in total. The number of amides is 2. The van der Waals surface area contributed by atoms with Crippen LogP contribution in [-0.4, -0.2) is 26.5 Å². The number of sulfone groups is 1. The third-order valence-electron chi connectivity index (χ3n) is 3.95. The van der Waals surface area contributed by atoms with Crippen LogP contribution in [-0.2, 0) is 19.4 Å². The number of hydrogen-bond acceptors (Lipinski definition) is 4. The fourth-order valence-electron chi connectivity index (χ4n) is 2.55. The second-order valence-corrected chi connectivity index (χ2v) is 8.76. The van der Waals surface area contributed by atoms with Gasteiger partial charge in [0.1, 0.15) is 0 Å². The minimum Gasteiger partial charge on any atom is -0.349 e. The van der Waals surface area contributed by atoms with Crippen molar-refractivity contribution < 1.29 is 18.0 Å². The van der Waals surface area contributed by atoms with Crippen molar-refractivity contribution >= 4 is 38.9 Å². The molecule has 2 rings (SSSR count). The Balaban J connectivity index is 2.21. The van der Waals surface area contributed by atoms with E-state index in [4.69, 9.17) is 11.6 Å². The zero-order valence-electron chi connectivity index (χ0n) is 15.2. The fraction of sp³-hybridized carbons (Fsp3) is 0.263. The van der Waals surface area contributed by atoms with Gasteiger partial charge in [-0.1, -0.05) is 29.8 Å². The average molecular weight is 409 g/mol. The van der Waals surface area contributed by atoms with Crippen LogP contribution in [0.5, 0.6) is 0 Å². The van der Waals surface area contributed by atoms with Gasteiger partial charge in [0, 0.05) is 23.9 Å². The Morgan fingerprint density at radius 1 is 1.11 bits per heavy atom. The molecule has 0 heterocycles. The lowest BCUT2D eigenvalue weighted by atomic mass is 10.0. The van der Waals surface area contributed by atoms with E-state index < -0.39 is 15.9 Å². The van der Waals surface area contributed by atoms with Gasteiger partial charge < -0.3 is 10.6 Å². The van der Waals surface area contributed by atoms with Gasteiger partial charge in [-0.05, 0) is 42.3 Å². The quantitative estimate of drug-likeness (QED) is 0.767. The summed E-state index contributed by atoms with van der Waals surface area (Å²) >= 11 is 5.89. The van der Waals surface area contributed by atoms with E-state index in [0.717, 1.165) is 17.4 Å². The van der Waals surface area contributed by atoms with E-state index in [0.29, 0.717) is 10.7 Å². The summed E-state index contributed by atoms with van der Waals surface area (Å²) in [6.07, 6.45) is 1.10. The highest BCUT2D eigenvalue weighted by Gasteiger charge is 2.18. The molecule has 144 valence electrons. The summed E-state index contributed by atoms with van der Waals surface area (Å²) in [7, 11) is -3.38. The smallest absolute Gasteiger partial charge is 0.226 e. The van der Waals surface area contributed by atoms with Gasteiger partial charge in [-0.15, -0.1) is 0 Å². The third-order valence-corrected chi connectivity index (χ3v) is 5.31. The Morgan fingerprint density at radius 2 is 1.74 bits per heavy atom. The molecule has 2 N–H and O–H groups in total. The number of nitrogens with one attached hydrogen (secondary N) is 2. The van der Waals surface area contributed by atoms with Gasteiger partial charge in [0.05, 0.1) is 17.4 Å². The maximum Gasteiger partial charge on any atom is 0.226 e. The van der Waals surface area contributed by atoms with Crippen LogP contribution in [0.3, 0.4) is 0 Å². The summed E-state index contributed by atoms with van der Waals surface area (Å²) in [6, 6.07) is 10.9. The Labute approximate surface area is 163 Å². The molecule has 0 aromatic heterocycles. The predicted molar refractivity (Wildman–Crippen MR) is 106 cm³/mol. The lowest BCUT2D eigenvalue weighted by molar-refractivity contribution is -0.120. The van der Waals surface area contributed by atoms with Gasteiger partial charge in [-0.3, -0.25) is 9.59 Å². The highest BCUT2D eigenvalue weighted by Crippen LogP contribution is 2.23. The van der Waals surface area contributed by atoms with Crippen molar-refractivity contribution in [3.8, 4) is 0 Å². The van der Waals surface area contributed by atoms with Crippen molar-refractivity contribution in [2.24, 2.45) is 0 Å². The van der Waals surface area contributed by atoms with Crippen molar-refractivity contribution in [3.05, 3.63) is 58.6 Å². The van der Waals surface area contributed by atoms with Crippen molar-refractivity contribution in [3.63, 3.8) is 0 Å². The molecular weight excluding hydrogens is 388 g/mol. The van der Waals surface area contributed by atoms with E-state index in [2.05, 4.69) is 10.6 Å². The number of hydrogen-bond donors (Lipinski definition) is 2. The largest absolute Gasteiger partial charge is 0.349 e. The Morgan fingerprint density at radius 3 is 2.30 bits per heavy atom. The number of rotatable bonds is 6. The van der Waals surface area contributed by atoms with Crippen molar-refractivity contribution in [1.82, 2.24) is 5.32 Å². The minimum atomic E-state index is -3.38. The maximum absolute atomic E-state index is 12.5. The first kappa shape index (κ1) is 20.9. The van der Waals surface area contributed by atoms with Gasteiger partial charge in [0.25, 0.3) is 0 Å². The van der Waals surface area contributed by atoms with Crippen LogP contribution in [0.4, 0.5) is 5.69 Å². The average Bonchev–Trinajstić information content (AvgIpc) is 2.55. The summed E-state index contributed by atoms with van der Waals surface area (Å²) in [6.45, 7) is 3.15. The lowest BCUT2D eigenvalue weighted by Crippen LogP contribution is -2.29. The predicted octanol–water partition coefficient (Wildman–Crippen LogP) is 3.26. The Kier molecular flexibility index (Phi) is 6.62. The SMILES string of the molecule is CC(=O)NC(CC(=O)Nc1cc(S(C)(=O)=O)ccc1C)c1ccc(Cl)cc1. The van der Waals surface area contributed by atoms with Crippen LogP contribution < -0.4 is 10.6 Å². The Bertz CT molecular complexity index is 956. The molecule has 1 atom stereocenters. The molecule has 0 bridgehead atoms. The Hall–Kier alpha value is -2.38. The molecule has 8 heteroatoms. The topological polar surface area (TPSA) is 92.3 Å². The molecule has 2 amide bonds. The van der Waals surface area contributed by atoms with E-state index >= 15 is 0 Å². The van der Waals surface area contributed by atoms with Crippen LogP contribution in [0.15, 0.2) is 47.4 Å². The van der Waals surface area contributed by atoms with Gasteiger partial charge in [-0.25, -0.2) is 8.42 Å². The van der Waals surface area contributed by atoms with E-state index in [1.807, 2.05) is 0 Å². The van der Waals surface area contributed by atoms with E-state index in [-0.39, 0.29) is 23.1 Å². The highest BCUT2D eigenvalue weighted by molar-refractivity contribution is 7.90. The first-order valence-corrected chi connectivity index (χ1v) is 10.5. The molecule has 0 spiro atoms. The molecule has 0 aliphatic carbocycles. The zero-order chi connectivity index (χ0) is 20.2. The molecule has 0 fully saturated rings. The summed E-state index contributed by atoms with van der Waals surface area (Å²) in [4.78, 5) is 24.2. The molecule has 0 aliphatic rings. The van der Waals surface area contributed by atoms with Crippen LogP contribution >= 0.6 is 11.6 Å². The van der Waals surface area contributed by atoms with Crippen molar-refractivity contribution in [1.29, 1.82) is 0 Å². The minimum absolute atomic E-state index is 0.0102. The number of benzene rings is 2. The summed E-state index contributed by atoms with van der Waals surface area (Å²) in [5.41, 5.74) is 1.89. The number of halogens is 1. The van der Waals surface area contributed by atoms with Crippen molar-refractivity contribution in [2.75, 3.05) is 11.6 Å². The monoisotopic (exact) mass is 408 g/mol. The maximum atomic E-state index is 12.5. The molecule has 1 unspecified atom stereocenters. The van der Waals surface area contributed by atoms with Crippen molar-refractivity contribution in [2.45, 2.75) is 31.2 Å². The molecule has 0 saturated heterocycles. The standard InChI is InChI=1S/C19H21ClN2O4S/c1-12-4-9-16(27(3,25)26)10-17(12)22-19(24)11-18(21-13(2)23)14-5-7-15(20)8-6-14/h4-10,18H,11H2,1-3H3,(H,21,23)(H,22,24). The zero-order valence-corrected chi connectivity index (χ0v) is 16.8. The number of carbonyl (C=O) groups is 2. The number of carbonyl (C=O) groups excluding carboxylic acids is 2. The summed E-state index contributed by atoms with van der Waals surface area (Å²) in [5.74, 6) is -0.615. The van der Waals surface area contributed by atoms with Crippen LogP contribution in [0.1, 0.15) is 30.5 Å². The molecular formula is C19H21ClN2O4S. The normalized spacial score (nSPS) is 12.3. The van der Waals surface area contributed by atoms with E-state index in [1.54, 1.807) is 37.3 Å². The first-order chi connectivity index (χ1) is 12.6. The van der Waals surface area contributed by atoms with Gasteiger partial charge >= 0.3 is 0 Å². The second-order valence-electron chi connectivity index (χ2n) is 6.31. The number of aryl methyl sites for hydroxylation is 1. The molecule has 2 aromatic rings. The van der Waals surface area contributed by atoms with Crippen LogP contribution in [0.25, 0.3) is 0 Å². The number of anilines is 1. The molecule has 0 saturated carbocycles. The third kappa shape index (κ3) is 6.08. The van der Waals surface area contributed by atoms with Crippen LogP contribution in [0.2, 0.25) is 5.02 Å². The lowest BCUT2D eigenvalue weighted by Gasteiger charge is -2.19. The van der Waals surface area contributed by atoms with Gasteiger partial charge in [0.15, 0.2) is 9.84 Å². The first-order valence-electron chi connectivity index (χ1n) is 8.19. The molecule has 0 radical (unpaired) electrons. The van der Waals surface area contributed by atoms with Gasteiger partial charge in [0.2, 0.25) is 11.8 Å². The van der Waals surface area contributed by atoms with Crippen LogP contribution in [0, 0.1) is 6.92 Å². The summed E-state index contributed by atoms with van der Waals surface area (Å²) in [5, 5.41) is 6.02. The second kappa shape index (κ2) is 8.54. The summed E-state index contributed by atoms with van der Waals surface area (Å²) < 4.78 is 23.4.